The van der Waals surface area contributed by atoms with Gasteiger partial charge in [-0.1, -0.05) is 23.7 Å². The monoisotopic (exact) mass is 315 g/mol. The molecule has 0 radical (unpaired) electrons. The first-order valence-corrected chi connectivity index (χ1v) is 8.13. The van der Waals surface area contributed by atoms with E-state index in [2.05, 4.69) is 14.9 Å². The van der Waals surface area contributed by atoms with E-state index in [0.717, 1.165) is 17.7 Å². The maximum absolute atomic E-state index is 6.02. The molecular weight excluding hydrogens is 298 g/mol. The molecule has 4 heterocycles. The Hall–Kier alpha value is -1.65. The van der Waals surface area contributed by atoms with Gasteiger partial charge in [0.2, 0.25) is 0 Å². The minimum Gasteiger partial charge on any atom is -0.458 e. The smallest absolute Gasteiger partial charge is 0.316 e. The van der Waals surface area contributed by atoms with E-state index in [1.165, 1.54) is 25.9 Å². The summed E-state index contributed by atoms with van der Waals surface area (Å²) in [6.45, 7) is 3.42. The van der Waals surface area contributed by atoms with Gasteiger partial charge in [0.1, 0.15) is 6.10 Å². The third kappa shape index (κ3) is 2.81. The first-order valence-electron chi connectivity index (χ1n) is 7.75. The Morgan fingerprint density at radius 2 is 1.86 bits per heavy atom. The van der Waals surface area contributed by atoms with Crippen molar-refractivity contribution in [1.82, 2.24) is 14.9 Å². The Morgan fingerprint density at radius 1 is 1.09 bits per heavy atom. The van der Waals surface area contributed by atoms with Crippen LogP contribution in [0.4, 0.5) is 0 Å². The second kappa shape index (κ2) is 5.86. The predicted molar refractivity (Wildman–Crippen MR) is 86.1 cm³/mol. The van der Waals surface area contributed by atoms with Crippen LogP contribution < -0.4 is 4.74 Å². The fraction of sp³-hybridized carbons (Fsp3) is 0.412. The van der Waals surface area contributed by atoms with Crippen molar-refractivity contribution >= 4 is 11.6 Å². The lowest BCUT2D eigenvalue weighted by Crippen LogP contribution is -2.52. The number of hydrogen-bond donors (Lipinski definition) is 0. The summed E-state index contributed by atoms with van der Waals surface area (Å²) in [4.78, 5) is 11.2. The van der Waals surface area contributed by atoms with E-state index in [-0.39, 0.29) is 6.10 Å². The van der Waals surface area contributed by atoms with Crippen molar-refractivity contribution in [2.24, 2.45) is 5.92 Å². The van der Waals surface area contributed by atoms with E-state index in [9.17, 15) is 0 Å². The van der Waals surface area contributed by atoms with Crippen LogP contribution in [0.15, 0.2) is 36.7 Å². The van der Waals surface area contributed by atoms with Crippen molar-refractivity contribution in [3.8, 4) is 17.1 Å². The number of halogens is 1. The van der Waals surface area contributed by atoms with Crippen LogP contribution in [0.1, 0.15) is 12.8 Å². The fourth-order valence-corrected chi connectivity index (χ4v) is 3.56. The number of benzene rings is 1. The topological polar surface area (TPSA) is 38.2 Å². The molecule has 1 aromatic heterocycles. The zero-order chi connectivity index (χ0) is 14.9. The molecule has 0 N–H and O–H groups in total. The maximum atomic E-state index is 6.02. The molecule has 5 heteroatoms. The molecule has 22 heavy (non-hydrogen) atoms. The molecule has 0 unspecified atom stereocenters. The molecule has 2 bridgehead atoms. The SMILES string of the molecule is Clc1cccc(-c2cnc(O[C@H]3CN4CCC3CC4)nc2)c1. The number of hydrogen-bond acceptors (Lipinski definition) is 4. The van der Waals surface area contributed by atoms with Gasteiger partial charge in [0.15, 0.2) is 0 Å². The number of rotatable bonds is 3. The van der Waals surface area contributed by atoms with Gasteiger partial charge in [-0.3, -0.25) is 4.90 Å². The van der Waals surface area contributed by atoms with E-state index >= 15 is 0 Å². The predicted octanol–water partition coefficient (Wildman–Crippen LogP) is 3.27. The molecule has 0 spiro atoms. The Kier molecular flexibility index (Phi) is 3.72. The van der Waals surface area contributed by atoms with Gasteiger partial charge in [0, 0.05) is 29.5 Å². The van der Waals surface area contributed by atoms with Crippen LogP contribution in [0.25, 0.3) is 11.1 Å². The summed E-state index contributed by atoms with van der Waals surface area (Å²) >= 11 is 6.02. The molecule has 2 aromatic rings. The van der Waals surface area contributed by atoms with E-state index in [1.54, 1.807) is 12.4 Å². The molecule has 3 aliphatic rings. The summed E-state index contributed by atoms with van der Waals surface area (Å²) in [5.41, 5.74) is 1.96. The molecule has 5 rings (SSSR count). The zero-order valence-electron chi connectivity index (χ0n) is 12.3. The second-order valence-corrected chi connectivity index (χ2v) is 6.50. The molecule has 0 amide bonds. The van der Waals surface area contributed by atoms with Crippen LogP contribution in [0.5, 0.6) is 6.01 Å². The van der Waals surface area contributed by atoms with Crippen molar-refractivity contribution in [1.29, 1.82) is 0 Å². The molecule has 1 atom stereocenters. The largest absolute Gasteiger partial charge is 0.458 e. The second-order valence-electron chi connectivity index (χ2n) is 6.06. The Balaban J connectivity index is 1.48. The van der Waals surface area contributed by atoms with E-state index in [4.69, 9.17) is 16.3 Å². The Bertz CT molecular complexity index is 653. The number of nitrogens with zero attached hydrogens (tertiary/aromatic N) is 3. The van der Waals surface area contributed by atoms with Gasteiger partial charge in [-0.15, -0.1) is 0 Å². The van der Waals surface area contributed by atoms with Gasteiger partial charge in [0.05, 0.1) is 0 Å². The quantitative estimate of drug-likeness (QED) is 0.871. The van der Waals surface area contributed by atoms with Crippen LogP contribution in [-0.2, 0) is 0 Å². The van der Waals surface area contributed by atoms with Crippen LogP contribution in [-0.4, -0.2) is 40.6 Å². The highest BCUT2D eigenvalue weighted by atomic mass is 35.5. The average molecular weight is 316 g/mol. The average Bonchev–Trinajstić information content (AvgIpc) is 2.57. The van der Waals surface area contributed by atoms with Crippen molar-refractivity contribution in [2.45, 2.75) is 18.9 Å². The van der Waals surface area contributed by atoms with Gasteiger partial charge in [-0.05, 0) is 49.5 Å². The highest BCUT2D eigenvalue weighted by Crippen LogP contribution is 2.30. The van der Waals surface area contributed by atoms with Crippen LogP contribution in [0, 0.1) is 5.92 Å². The number of aromatic nitrogens is 2. The zero-order valence-corrected chi connectivity index (χ0v) is 13.0. The molecular formula is C17H18ClN3O. The van der Waals surface area contributed by atoms with Crippen LogP contribution >= 0.6 is 11.6 Å². The molecule has 114 valence electrons. The van der Waals surface area contributed by atoms with Crippen molar-refractivity contribution < 1.29 is 4.74 Å². The summed E-state index contributed by atoms with van der Waals surface area (Å²) in [5, 5.41) is 0.713. The lowest BCUT2D eigenvalue weighted by atomic mass is 9.86. The van der Waals surface area contributed by atoms with Gasteiger partial charge in [-0.25, -0.2) is 9.97 Å². The molecule has 1 aromatic carbocycles. The minimum atomic E-state index is 0.236. The molecule has 3 aliphatic heterocycles. The normalized spacial score (nSPS) is 26.9. The fourth-order valence-electron chi connectivity index (χ4n) is 3.37. The highest BCUT2D eigenvalue weighted by molar-refractivity contribution is 6.30. The maximum Gasteiger partial charge on any atom is 0.316 e. The minimum absolute atomic E-state index is 0.236. The highest BCUT2D eigenvalue weighted by Gasteiger charge is 2.35. The van der Waals surface area contributed by atoms with Crippen LogP contribution in [0.2, 0.25) is 5.02 Å². The lowest BCUT2D eigenvalue weighted by Gasteiger charge is -2.43. The van der Waals surface area contributed by atoms with Crippen molar-refractivity contribution in [3.63, 3.8) is 0 Å². The van der Waals surface area contributed by atoms with Crippen molar-refractivity contribution in [2.75, 3.05) is 19.6 Å². The van der Waals surface area contributed by atoms with Gasteiger partial charge >= 0.3 is 6.01 Å². The molecule has 0 aliphatic carbocycles. The molecule has 3 saturated heterocycles. The van der Waals surface area contributed by atoms with E-state index in [1.807, 2.05) is 24.3 Å². The van der Waals surface area contributed by atoms with Gasteiger partial charge < -0.3 is 4.74 Å². The number of ether oxygens (including phenoxy) is 1. The van der Waals surface area contributed by atoms with Gasteiger partial charge in [-0.2, -0.15) is 0 Å². The first-order chi connectivity index (χ1) is 10.8. The number of piperidine rings is 3. The van der Waals surface area contributed by atoms with E-state index < -0.39 is 0 Å². The molecule has 0 saturated carbocycles. The lowest BCUT2D eigenvalue weighted by molar-refractivity contribution is -0.0123. The van der Waals surface area contributed by atoms with Crippen molar-refractivity contribution in [3.05, 3.63) is 41.7 Å². The van der Waals surface area contributed by atoms with Crippen LogP contribution in [0.3, 0.4) is 0 Å². The third-order valence-electron chi connectivity index (χ3n) is 4.64. The summed E-state index contributed by atoms with van der Waals surface area (Å²) in [6, 6.07) is 8.17. The van der Waals surface area contributed by atoms with E-state index in [0.29, 0.717) is 17.0 Å². The summed E-state index contributed by atoms with van der Waals surface area (Å²) in [5.74, 6) is 0.654. The first kappa shape index (κ1) is 14.0. The Labute approximate surface area is 135 Å². The summed E-state index contributed by atoms with van der Waals surface area (Å²) in [6.07, 6.45) is 6.29. The Morgan fingerprint density at radius 3 is 2.50 bits per heavy atom. The number of fused-ring (bicyclic) bond motifs is 3. The summed E-state index contributed by atoms with van der Waals surface area (Å²) < 4.78 is 6.01. The third-order valence-corrected chi connectivity index (χ3v) is 4.87. The molecule has 4 nitrogen and oxygen atoms in total. The van der Waals surface area contributed by atoms with Gasteiger partial charge in [0.25, 0.3) is 0 Å². The summed E-state index contributed by atoms with van der Waals surface area (Å²) in [7, 11) is 0. The molecule has 3 fully saturated rings. The standard InChI is InChI=1S/C17H18ClN3O/c18-15-3-1-2-13(8-15)14-9-19-17(20-10-14)22-16-11-21-6-4-12(16)5-7-21/h1-3,8-10,12,16H,4-7,11H2/t16-/m0/s1.